The summed E-state index contributed by atoms with van der Waals surface area (Å²) in [5.41, 5.74) is 0. The number of hydrogen-bond donors (Lipinski definition) is 2. The highest BCUT2D eigenvalue weighted by atomic mass is 32.1. The van der Waals surface area contributed by atoms with Crippen LogP contribution < -0.4 is 5.32 Å². The van der Waals surface area contributed by atoms with Gasteiger partial charge in [0.05, 0.1) is 6.10 Å². The van der Waals surface area contributed by atoms with E-state index in [1.807, 2.05) is 6.92 Å². The molecule has 0 aliphatic heterocycles. The van der Waals surface area contributed by atoms with Crippen molar-refractivity contribution in [3.63, 3.8) is 0 Å². The fourth-order valence-corrected chi connectivity index (χ4v) is 1.85. The number of aliphatic hydroxyl groups excluding tert-OH is 1. The van der Waals surface area contributed by atoms with Crippen molar-refractivity contribution < 1.29 is 5.11 Å². The molecule has 3 heteroatoms. The molecule has 0 amide bonds. The Morgan fingerprint density at radius 2 is 2.15 bits per heavy atom. The van der Waals surface area contributed by atoms with E-state index in [0.29, 0.717) is 0 Å². The van der Waals surface area contributed by atoms with E-state index < -0.39 is 0 Å². The molecule has 13 heavy (non-hydrogen) atoms. The first-order valence-electron chi connectivity index (χ1n) is 4.56. The van der Waals surface area contributed by atoms with Crippen LogP contribution >= 0.6 is 11.3 Å². The molecule has 0 radical (unpaired) electrons. The Morgan fingerprint density at radius 1 is 1.46 bits per heavy atom. The zero-order valence-corrected chi connectivity index (χ0v) is 9.19. The zero-order chi connectivity index (χ0) is 9.84. The molecule has 0 saturated heterocycles. The van der Waals surface area contributed by atoms with Gasteiger partial charge in [0.1, 0.15) is 0 Å². The molecule has 0 aromatic carbocycles. The summed E-state index contributed by atoms with van der Waals surface area (Å²) in [5, 5.41) is 12.5. The number of hydrogen-bond acceptors (Lipinski definition) is 3. The molecule has 1 heterocycles. The zero-order valence-electron chi connectivity index (χ0n) is 8.37. The molecule has 0 saturated carbocycles. The highest BCUT2D eigenvalue weighted by Gasteiger charge is 2.07. The van der Waals surface area contributed by atoms with E-state index in [1.165, 1.54) is 9.75 Å². The quantitative estimate of drug-likeness (QED) is 0.776. The maximum Gasteiger partial charge on any atom is 0.0662 e. The lowest BCUT2D eigenvalue weighted by Crippen LogP contribution is -2.34. The van der Waals surface area contributed by atoms with Crippen LogP contribution in [-0.2, 0) is 6.54 Å². The lowest BCUT2D eigenvalue weighted by atomic mass is 10.2. The molecular weight excluding hydrogens is 182 g/mol. The molecule has 2 atom stereocenters. The SMILES string of the molecule is Cc1ccc(CNC(C)C(C)O)s1. The van der Waals surface area contributed by atoms with Crippen LogP contribution in [0.4, 0.5) is 0 Å². The first-order chi connectivity index (χ1) is 6.09. The van der Waals surface area contributed by atoms with Gasteiger partial charge in [-0.2, -0.15) is 0 Å². The van der Waals surface area contributed by atoms with E-state index in [2.05, 4.69) is 24.4 Å². The van der Waals surface area contributed by atoms with Crippen molar-refractivity contribution in [2.45, 2.75) is 39.5 Å². The van der Waals surface area contributed by atoms with Crippen molar-refractivity contribution in [2.24, 2.45) is 0 Å². The maximum absolute atomic E-state index is 9.25. The van der Waals surface area contributed by atoms with E-state index in [-0.39, 0.29) is 12.1 Å². The van der Waals surface area contributed by atoms with Crippen molar-refractivity contribution in [1.82, 2.24) is 5.32 Å². The standard InChI is InChI=1S/C10H17NOS/c1-7-4-5-10(13-7)6-11-8(2)9(3)12/h4-5,8-9,11-12H,6H2,1-3H3. The van der Waals surface area contributed by atoms with Crippen LogP contribution in [0.2, 0.25) is 0 Å². The van der Waals surface area contributed by atoms with Gasteiger partial charge in [-0.25, -0.2) is 0 Å². The second-order valence-corrected chi connectivity index (χ2v) is 4.79. The molecule has 0 bridgehead atoms. The summed E-state index contributed by atoms with van der Waals surface area (Å²) in [7, 11) is 0. The van der Waals surface area contributed by atoms with E-state index in [4.69, 9.17) is 0 Å². The van der Waals surface area contributed by atoms with Gasteiger partial charge < -0.3 is 10.4 Å². The van der Waals surface area contributed by atoms with Crippen LogP contribution in [-0.4, -0.2) is 17.3 Å². The molecule has 1 rings (SSSR count). The third-order valence-corrected chi connectivity index (χ3v) is 3.12. The third kappa shape index (κ3) is 3.46. The molecule has 74 valence electrons. The van der Waals surface area contributed by atoms with Crippen molar-refractivity contribution in [3.05, 3.63) is 21.9 Å². The molecule has 0 aliphatic rings. The summed E-state index contributed by atoms with van der Waals surface area (Å²) in [6.07, 6.45) is -0.291. The number of thiophene rings is 1. The molecular formula is C10H17NOS. The lowest BCUT2D eigenvalue weighted by molar-refractivity contribution is 0.152. The molecule has 2 nitrogen and oxygen atoms in total. The van der Waals surface area contributed by atoms with E-state index in [0.717, 1.165) is 6.54 Å². The summed E-state index contributed by atoms with van der Waals surface area (Å²) in [4.78, 5) is 2.66. The van der Waals surface area contributed by atoms with E-state index in [1.54, 1.807) is 18.3 Å². The average Bonchev–Trinajstić information content (AvgIpc) is 2.47. The second kappa shape index (κ2) is 4.74. The second-order valence-electron chi connectivity index (χ2n) is 3.42. The Bertz CT molecular complexity index is 257. The minimum atomic E-state index is -0.291. The number of aliphatic hydroxyl groups is 1. The van der Waals surface area contributed by atoms with Crippen molar-refractivity contribution in [1.29, 1.82) is 0 Å². The van der Waals surface area contributed by atoms with Gasteiger partial charge >= 0.3 is 0 Å². The topological polar surface area (TPSA) is 32.3 Å². The van der Waals surface area contributed by atoms with Gasteiger partial charge in [-0.05, 0) is 32.9 Å². The smallest absolute Gasteiger partial charge is 0.0662 e. The minimum absolute atomic E-state index is 0.155. The van der Waals surface area contributed by atoms with Gasteiger partial charge in [0.25, 0.3) is 0 Å². The fraction of sp³-hybridized carbons (Fsp3) is 0.600. The van der Waals surface area contributed by atoms with Gasteiger partial charge in [0.2, 0.25) is 0 Å². The molecule has 1 aromatic rings. The highest BCUT2D eigenvalue weighted by molar-refractivity contribution is 7.11. The fourth-order valence-electron chi connectivity index (χ4n) is 1.01. The average molecular weight is 199 g/mol. The monoisotopic (exact) mass is 199 g/mol. The Hall–Kier alpha value is -0.380. The van der Waals surface area contributed by atoms with Crippen LogP contribution in [0.25, 0.3) is 0 Å². The van der Waals surface area contributed by atoms with Gasteiger partial charge in [0.15, 0.2) is 0 Å². The lowest BCUT2D eigenvalue weighted by Gasteiger charge is -2.15. The Morgan fingerprint density at radius 3 is 2.62 bits per heavy atom. The molecule has 2 N–H and O–H groups in total. The predicted octanol–water partition coefficient (Wildman–Crippen LogP) is 1.92. The minimum Gasteiger partial charge on any atom is -0.392 e. The van der Waals surface area contributed by atoms with Gasteiger partial charge in [0, 0.05) is 22.3 Å². The van der Waals surface area contributed by atoms with Crippen LogP contribution in [0, 0.1) is 6.92 Å². The van der Waals surface area contributed by atoms with Gasteiger partial charge in [-0.3, -0.25) is 0 Å². The molecule has 0 aliphatic carbocycles. The van der Waals surface area contributed by atoms with Crippen molar-refractivity contribution in [3.8, 4) is 0 Å². The summed E-state index contributed by atoms with van der Waals surface area (Å²) in [5.74, 6) is 0. The summed E-state index contributed by atoms with van der Waals surface area (Å²) in [6, 6.07) is 4.40. The van der Waals surface area contributed by atoms with Crippen LogP contribution in [0.5, 0.6) is 0 Å². The van der Waals surface area contributed by atoms with Crippen molar-refractivity contribution >= 4 is 11.3 Å². The van der Waals surface area contributed by atoms with Crippen LogP contribution in [0.1, 0.15) is 23.6 Å². The van der Waals surface area contributed by atoms with Crippen molar-refractivity contribution in [2.75, 3.05) is 0 Å². The van der Waals surface area contributed by atoms with Crippen LogP contribution in [0.3, 0.4) is 0 Å². The third-order valence-electron chi connectivity index (χ3n) is 2.12. The largest absolute Gasteiger partial charge is 0.392 e. The van der Waals surface area contributed by atoms with Crippen LogP contribution in [0.15, 0.2) is 12.1 Å². The molecule has 1 aromatic heterocycles. The summed E-state index contributed by atoms with van der Waals surface area (Å²) < 4.78 is 0. The number of rotatable bonds is 4. The van der Waals surface area contributed by atoms with Gasteiger partial charge in [-0.1, -0.05) is 0 Å². The Labute approximate surface area is 83.6 Å². The molecule has 0 spiro atoms. The number of nitrogens with one attached hydrogen (secondary N) is 1. The van der Waals surface area contributed by atoms with E-state index >= 15 is 0 Å². The molecule has 0 fully saturated rings. The predicted molar refractivity (Wildman–Crippen MR) is 57.0 cm³/mol. The Kier molecular flexibility index (Phi) is 3.90. The normalized spacial score (nSPS) is 15.7. The maximum atomic E-state index is 9.25. The first kappa shape index (κ1) is 10.7. The highest BCUT2D eigenvalue weighted by Crippen LogP contribution is 2.14. The Balaban J connectivity index is 2.35. The van der Waals surface area contributed by atoms with E-state index in [9.17, 15) is 5.11 Å². The number of aryl methyl sites for hydroxylation is 1. The molecule has 2 unspecified atom stereocenters. The first-order valence-corrected chi connectivity index (χ1v) is 5.38. The summed E-state index contributed by atoms with van der Waals surface area (Å²) in [6.45, 7) is 6.75. The van der Waals surface area contributed by atoms with Gasteiger partial charge in [-0.15, -0.1) is 11.3 Å². The summed E-state index contributed by atoms with van der Waals surface area (Å²) >= 11 is 1.80.